The molecule has 2 bridgehead atoms. The topological polar surface area (TPSA) is 52.6 Å². The van der Waals surface area contributed by atoms with Gasteiger partial charge in [0.2, 0.25) is 0 Å². The molecule has 4 rings (SSSR count). The Morgan fingerprint density at radius 2 is 1.22 bits per heavy atom. The highest BCUT2D eigenvalue weighted by atomic mass is 16.6. The van der Waals surface area contributed by atoms with Crippen LogP contribution < -0.4 is 0 Å². The second kappa shape index (κ2) is 12.0. The molecule has 0 aromatic carbocycles. The molecule has 4 nitrogen and oxygen atoms in total. The zero-order valence-electron chi connectivity index (χ0n) is 25.8. The number of carbonyl (C=O) groups excluding carboxylic acids is 2. The van der Waals surface area contributed by atoms with Crippen LogP contribution in [0.5, 0.6) is 0 Å². The van der Waals surface area contributed by atoms with Gasteiger partial charge in [0.05, 0.1) is 11.8 Å². The molecule has 0 heterocycles. The summed E-state index contributed by atoms with van der Waals surface area (Å²) in [6.07, 6.45) is 11.0. The smallest absolute Gasteiger partial charge is 0.309 e. The summed E-state index contributed by atoms with van der Waals surface area (Å²) < 4.78 is 11.2. The molecule has 4 aliphatic carbocycles. The van der Waals surface area contributed by atoms with Crippen molar-refractivity contribution in [2.75, 3.05) is 0 Å². The van der Waals surface area contributed by atoms with Crippen molar-refractivity contribution in [1.82, 2.24) is 0 Å². The Labute approximate surface area is 228 Å². The first-order valence-corrected chi connectivity index (χ1v) is 15.6. The number of rotatable bonds is 6. The van der Waals surface area contributed by atoms with E-state index in [-0.39, 0.29) is 35.0 Å². The monoisotopic (exact) mass is 518 g/mol. The molecular formula is C33H58O4. The molecule has 214 valence electrons. The molecule has 10 atom stereocenters. The molecular weight excluding hydrogens is 460 g/mol. The number of esters is 2. The summed E-state index contributed by atoms with van der Waals surface area (Å²) in [5.74, 6) is 6.57. The van der Waals surface area contributed by atoms with Crippen molar-refractivity contribution in [2.24, 2.45) is 59.2 Å². The van der Waals surface area contributed by atoms with Crippen LogP contribution in [0.1, 0.15) is 127 Å². The Kier molecular flexibility index (Phi) is 9.88. The van der Waals surface area contributed by atoms with Gasteiger partial charge in [0.1, 0.15) is 11.2 Å². The number of fused-ring (bicyclic) bond motifs is 5. The molecule has 37 heavy (non-hydrogen) atoms. The van der Waals surface area contributed by atoms with Crippen molar-refractivity contribution in [2.45, 2.75) is 138 Å². The van der Waals surface area contributed by atoms with Gasteiger partial charge in [-0.3, -0.25) is 9.59 Å². The lowest BCUT2D eigenvalue weighted by atomic mass is 9.71. The summed E-state index contributed by atoms with van der Waals surface area (Å²) >= 11 is 0. The van der Waals surface area contributed by atoms with Gasteiger partial charge in [-0.25, -0.2) is 0 Å². The molecule has 0 N–H and O–H groups in total. The van der Waals surface area contributed by atoms with E-state index in [0.29, 0.717) is 17.8 Å². The molecule has 4 aliphatic rings. The van der Waals surface area contributed by atoms with Crippen LogP contribution in [0, 0.1) is 59.2 Å². The van der Waals surface area contributed by atoms with Crippen LogP contribution in [-0.4, -0.2) is 23.1 Å². The summed E-state index contributed by atoms with van der Waals surface area (Å²) in [4.78, 5) is 24.6. The van der Waals surface area contributed by atoms with Crippen LogP contribution in [0.3, 0.4) is 0 Å². The largest absolute Gasteiger partial charge is 0.460 e. The average molecular weight is 519 g/mol. The van der Waals surface area contributed by atoms with Gasteiger partial charge in [0, 0.05) is 0 Å². The average Bonchev–Trinajstić information content (AvgIpc) is 3.49. The second-order valence-electron chi connectivity index (χ2n) is 15.2. The standard InChI is InChI=1S/C19H32O2.C14H26O2/c1-6-7-12-8-11(2)16-13-9-14(17(12)16)15(10-13)18(20)21-19(3,4)5;1-6-7-11-8-10(2)9-12(11)13(15)16-14(3,4)5/h11-17H,6-10H2,1-5H3;10-12H,6-9H2,1-5H3. The first-order valence-electron chi connectivity index (χ1n) is 15.6. The van der Waals surface area contributed by atoms with Crippen LogP contribution in [-0.2, 0) is 19.1 Å². The van der Waals surface area contributed by atoms with Crippen molar-refractivity contribution in [3.8, 4) is 0 Å². The summed E-state index contributed by atoms with van der Waals surface area (Å²) in [6, 6.07) is 0. The van der Waals surface area contributed by atoms with Crippen LogP contribution >= 0.6 is 0 Å². The van der Waals surface area contributed by atoms with Crippen molar-refractivity contribution in [1.29, 1.82) is 0 Å². The summed E-state index contributed by atoms with van der Waals surface area (Å²) in [6.45, 7) is 21.0. The zero-order chi connectivity index (χ0) is 27.7. The van der Waals surface area contributed by atoms with E-state index in [0.717, 1.165) is 55.3 Å². The second-order valence-corrected chi connectivity index (χ2v) is 15.2. The van der Waals surface area contributed by atoms with E-state index in [1.807, 2.05) is 41.5 Å². The van der Waals surface area contributed by atoms with E-state index < -0.39 is 0 Å². The van der Waals surface area contributed by atoms with E-state index >= 15 is 0 Å². The van der Waals surface area contributed by atoms with E-state index in [2.05, 4.69) is 27.7 Å². The van der Waals surface area contributed by atoms with Crippen molar-refractivity contribution < 1.29 is 19.1 Å². The summed E-state index contributed by atoms with van der Waals surface area (Å²) in [5, 5.41) is 0. The molecule has 4 heteroatoms. The maximum Gasteiger partial charge on any atom is 0.309 e. The first kappa shape index (κ1) is 30.5. The highest BCUT2D eigenvalue weighted by molar-refractivity contribution is 5.74. The highest BCUT2D eigenvalue weighted by Crippen LogP contribution is 2.65. The lowest BCUT2D eigenvalue weighted by Crippen LogP contribution is -2.37. The van der Waals surface area contributed by atoms with Gasteiger partial charge in [-0.15, -0.1) is 0 Å². The number of ether oxygens (including phenoxy) is 2. The lowest BCUT2D eigenvalue weighted by Gasteiger charge is -2.35. The predicted octanol–water partition coefficient (Wildman–Crippen LogP) is 8.46. The Morgan fingerprint density at radius 3 is 1.76 bits per heavy atom. The zero-order valence-corrected chi connectivity index (χ0v) is 25.8. The molecule has 0 amide bonds. The maximum atomic E-state index is 12.6. The fourth-order valence-corrected chi connectivity index (χ4v) is 8.84. The van der Waals surface area contributed by atoms with Crippen molar-refractivity contribution >= 4 is 11.9 Å². The third kappa shape index (κ3) is 7.53. The molecule has 0 saturated heterocycles. The minimum Gasteiger partial charge on any atom is -0.460 e. The van der Waals surface area contributed by atoms with Crippen molar-refractivity contribution in [3.05, 3.63) is 0 Å². The van der Waals surface area contributed by atoms with E-state index in [9.17, 15) is 9.59 Å². The fraction of sp³-hybridized carbons (Fsp3) is 0.939. The molecule has 0 aromatic rings. The molecule has 0 aliphatic heterocycles. The number of carbonyl (C=O) groups is 2. The Morgan fingerprint density at radius 1 is 0.676 bits per heavy atom. The van der Waals surface area contributed by atoms with Gasteiger partial charge in [0.15, 0.2) is 0 Å². The van der Waals surface area contributed by atoms with E-state index in [1.54, 1.807) is 0 Å². The molecule has 0 aromatic heterocycles. The maximum absolute atomic E-state index is 12.6. The minimum atomic E-state index is -0.348. The Hall–Kier alpha value is -1.06. The molecule has 10 unspecified atom stereocenters. The summed E-state index contributed by atoms with van der Waals surface area (Å²) in [7, 11) is 0. The van der Waals surface area contributed by atoms with E-state index in [4.69, 9.17) is 9.47 Å². The van der Waals surface area contributed by atoms with Gasteiger partial charge in [0.25, 0.3) is 0 Å². The molecule has 4 saturated carbocycles. The predicted molar refractivity (Wildman–Crippen MR) is 151 cm³/mol. The van der Waals surface area contributed by atoms with Crippen LogP contribution in [0.25, 0.3) is 0 Å². The third-order valence-corrected chi connectivity index (χ3v) is 9.68. The lowest BCUT2D eigenvalue weighted by molar-refractivity contribution is -0.163. The fourth-order valence-electron chi connectivity index (χ4n) is 8.84. The van der Waals surface area contributed by atoms with Crippen LogP contribution in [0.15, 0.2) is 0 Å². The SMILES string of the molecule is CCCC1CC(C)C2C3CC(C(=O)OC(C)(C)C)C(C3)C12.CCCC1CC(C)CC1C(=O)OC(C)(C)C. The number of hydrogen-bond donors (Lipinski definition) is 0. The van der Waals surface area contributed by atoms with Gasteiger partial charge < -0.3 is 9.47 Å². The third-order valence-electron chi connectivity index (χ3n) is 9.68. The van der Waals surface area contributed by atoms with Gasteiger partial charge >= 0.3 is 11.9 Å². The minimum absolute atomic E-state index is 0.0234. The van der Waals surface area contributed by atoms with Crippen molar-refractivity contribution in [3.63, 3.8) is 0 Å². The normalized spacial score (nSPS) is 38.6. The Bertz CT molecular complexity index is 774. The molecule has 0 radical (unpaired) electrons. The summed E-state index contributed by atoms with van der Waals surface area (Å²) in [5.41, 5.74) is -0.691. The van der Waals surface area contributed by atoms with Gasteiger partial charge in [-0.05, 0) is 127 Å². The van der Waals surface area contributed by atoms with Gasteiger partial charge in [-0.1, -0.05) is 47.0 Å². The Balaban J connectivity index is 0.000000214. The van der Waals surface area contributed by atoms with E-state index in [1.165, 1.54) is 32.1 Å². The quantitative estimate of drug-likeness (QED) is 0.331. The molecule has 0 spiro atoms. The number of hydrogen-bond acceptors (Lipinski definition) is 4. The van der Waals surface area contributed by atoms with Crippen LogP contribution in [0.4, 0.5) is 0 Å². The first-order chi connectivity index (χ1) is 17.1. The van der Waals surface area contributed by atoms with Crippen LogP contribution in [0.2, 0.25) is 0 Å². The molecule has 4 fully saturated rings. The van der Waals surface area contributed by atoms with Gasteiger partial charge in [-0.2, -0.15) is 0 Å². The highest BCUT2D eigenvalue weighted by Gasteiger charge is 2.61.